The minimum Gasteiger partial charge on any atom is -0.379 e. The van der Waals surface area contributed by atoms with Gasteiger partial charge in [-0.25, -0.2) is 0 Å². The molecule has 4 aliphatic heterocycles. The van der Waals surface area contributed by atoms with Crippen molar-refractivity contribution in [1.82, 2.24) is 20.4 Å². The number of unbranched alkanes of at least 4 members (excludes halogenated alkanes) is 4. The number of piperidine rings is 2. The number of ether oxygens (including phenoxy) is 13. The van der Waals surface area contributed by atoms with Gasteiger partial charge in [-0.1, -0.05) is 25.0 Å². The summed E-state index contributed by atoms with van der Waals surface area (Å²) in [4.78, 5) is 128. The van der Waals surface area contributed by atoms with Crippen LogP contribution in [0.3, 0.4) is 0 Å². The van der Waals surface area contributed by atoms with E-state index in [0.29, 0.717) is 185 Å². The molecule has 4 heterocycles. The van der Waals surface area contributed by atoms with Crippen LogP contribution in [-0.4, -0.2) is 253 Å². The normalized spacial score (nSPS) is 16.4. The predicted molar refractivity (Wildman–Crippen MR) is 321 cm³/mol. The first-order valence-electron chi connectivity index (χ1n) is 31.3. The van der Waals surface area contributed by atoms with E-state index in [0.717, 1.165) is 35.5 Å². The summed E-state index contributed by atoms with van der Waals surface area (Å²) in [6.07, 6.45) is 4.74. The fourth-order valence-electron chi connectivity index (χ4n) is 9.74. The van der Waals surface area contributed by atoms with Crippen LogP contribution < -0.4 is 21.3 Å². The first-order chi connectivity index (χ1) is 44.5. The second-order valence-electron chi connectivity index (χ2n) is 21.0. The van der Waals surface area contributed by atoms with E-state index in [-0.39, 0.29) is 84.0 Å². The third kappa shape index (κ3) is 26.2. The molecule has 2 fully saturated rings. The molecule has 2 aromatic carbocycles. The van der Waals surface area contributed by atoms with Crippen molar-refractivity contribution in [3.05, 3.63) is 58.7 Å². The van der Waals surface area contributed by atoms with Crippen LogP contribution in [0.1, 0.15) is 118 Å². The molecule has 91 heavy (non-hydrogen) atoms. The summed E-state index contributed by atoms with van der Waals surface area (Å²) in [6.45, 7) is 11.5. The Hall–Kier alpha value is -6.58. The summed E-state index contributed by atoms with van der Waals surface area (Å²) in [5, 5.41) is 9.81. The number of rotatable bonds is 52. The average molecular weight is 1290 g/mol. The Bertz CT molecular complexity index is 2490. The number of amides is 10. The molecule has 4 aliphatic rings. The third-order valence-electron chi connectivity index (χ3n) is 14.3. The van der Waals surface area contributed by atoms with Gasteiger partial charge in [0.05, 0.1) is 192 Å². The van der Waals surface area contributed by atoms with E-state index >= 15 is 0 Å². The molecule has 2 saturated heterocycles. The van der Waals surface area contributed by atoms with Crippen LogP contribution in [-0.2, 0) is 90.3 Å². The van der Waals surface area contributed by atoms with Crippen molar-refractivity contribution in [3.8, 4) is 0 Å². The zero-order valence-corrected chi connectivity index (χ0v) is 51.8. The second kappa shape index (κ2) is 43.3. The van der Waals surface area contributed by atoms with Crippen LogP contribution in [0.15, 0.2) is 36.4 Å². The number of imide groups is 4. The van der Waals surface area contributed by atoms with Crippen LogP contribution in [0.5, 0.6) is 0 Å². The molecule has 29 nitrogen and oxygen atoms in total. The monoisotopic (exact) mass is 1280 g/mol. The number of nitrogens with one attached hydrogen (secondary N) is 4. The maximum atomic E-state index is 13.2. The Morgan fingerprint density at radius 2 is 0.615 bits per heavy atom. The third-order valence-corrected chi connectivity index (χ3v) is 14.3. The second-order valence-corrected chi connectivity index (χ2v) is 21.0. The molecule has 29 heteroatoms. The minimum absolute atomic E-state index is 0.0181. The molecule has 4 N–H and O–H groups in total. The SMILES string of the molecule is O=C1CCC(N2C(=O)c3cccc(NC(=O)CCCCCOCCOCCOCCOCCOCCOCCOCCOCCOCCOCCOCCOCCOCCCCCC(=O)Nc4cccc5c4C(=O)N(C4CCC(=O)NC4=O)C5=O)c3C2=O)C(=O)N1. The van der Waals surface area contributed by atoms with Gasteiger partial charge < -0.3 is 72.2 Å². The zero-order chi connectivity index (χ0) is 64.7. The smallest absolute Gasteiger partial charge is 0.264 e. The molecule has 2 unspecified atom stereocenters. The summed E-state index contributed by atoms with van der Waals surface area (Å²) in [7, 11) is 0. The number of hydrogen-bond acceptors (Lipinski definition) is 23. The van der Waals surface area contributed by atoms with Crippen LogP contribution >= 0.6 is 0 Å². The highest BCUT2D eigenvalue weighted by Crippen LogP contribution is 2.34. The molecule has 0 spiro atoms. The molecule has 504 valence electrons. The topological polar surface area (TPSA) is 345 Å². The number of nitrogens with zero attached hydrogens (tertiary/aromatic N) is 2. The Labute approximate surface area is 529 Å². The summed E-state index contributed by atoms with van der Waals surface area (Å²) >= 11 is 0. The molecule has 0 radical (unpaired) electrons. The van der Waals surface area contributed by atoms with Gasteiger partial charge in [-0.2, -0.15) is 0 Å². The highest BCUT2D eigenvalue weighted by Gasteiger charge is 2.47. The molecule has 2 aromatic rings. The van der Waals surface area contributed by atoms with Gasteiger partial charge in [-0.05, 0) is 62.8 Å². The zero-order valence-electron chi connectivity index (χ0n) is 51.8. The van der Waals surface area contributed by atoms with Gasteiger partial charge in [-0.3, -0.25) is 68.4 Å². The van der Waals surface area contributed by atoms with E-state index in [4.69, 9.17) is 61.6 Å². The summed E-state index contributed by atoms with van der Waals surface area (Å²) < 4.78 is 72.0. The molecule has 0 aliphatic carbocycles. The Morgan fingerprint density at radius 1 is 0.352 bits per heavy atom. The number of benzene rings is 2. The molecular weight excluding hydrogens is 1200 g/mol. The Balaban J connectivity index is 0.579. The van der Waals surface area contributed by atoms with Gasteiger partial charge in [0.15, 0.2) is 0 Å². The van der Waals surface area contributed by atoms with Gasteiger partial charge in [-0.15, -0.1) is 0 Å². The fraction of sp³-hybridized carbons (Fsp3) is 0.645. The first-order valence-corrected chi connectivity index (χ1v) is 31.3. The van der Waals surface area contributed by atoms with Crippen molar-refractivity contribution < 1.29 is 110 Å². The van der Waals surface area contributed by atoms with Crippen LogP contribution in [0, 0.1) is 0 Å². The fourth-order valence-corrected chi connectivity index (χ4v) is 9.74. The van der Waals surface area contributed by atoms with Gasteiger partial charge >= 0.3 is 0 Å². The van der Waals surface area contributed by atoms with E-state index in [1.54, 1.807) is 24.3 Å². The van der Waals surface area contributed by atoms with Gasteiger partial charge in [0.1, 0.15) is 12.1 Å². The van der Waals surface area contributed by atoms with E-state index in [9.17, 15) is 47.9 Å². The number of fused-ring (bicyclic) bond motifs is 2. The number of anilines is 2. The number of hydrogen-bond donors (Lipinski definition) is 4. The lowest BCUT2D eigenvalue weighted by molar-refractivity contribution is -0.137. The molecule has 2 atom stereocenters. The molecule has 10 amide bonds. The van der Waals surface area contributed by atoms with Crippen molar-refractivity contribution in [2.75, 3.05) is 182 Å². The van der Waals surface area contributed by atoms with Gasteiger partial charge in [0, 0.05) is 38.9 Å². The van der Waals surface area contributed by atoms with E-state index in [1.165, 1.54) is 12.1 Å². The van der Waals surface area contributed by atoms with Crippen LogP contribution in [0.4, 0.5) is 11.4 Å². The van der Waals surface area contributed by atoms with Crippen molar-refractivity contribution in [2.45, 2.75) is 89.1 Å². The summed E-state index contributed by atoms with van der Waals surface area (Å²) in [6, 6.07) is 7.00. The molecular formula is C62H88N6O23. The molecule has 0 bridgehead atoms. The maximum absolute atomic E-state index is 13.2. The largest absolute Gasteiger partial charge is 0.379 e. The highest BCUT2D eigenvalue weighted by molar-refractivity contribution is 6.27. The van der Waals surface area contributed by atoms with Crippen molar-refractivity contribution >= 4 is 70.4 Å². The quantitative estimate of drug-likeness (QED) is 0.0546. The number of carbonyl (C=O) groups excluding carboxylic acids is 10. The lowest BCUT2D eigenvalue weighted by Gasteiger charge is -2.27. The van der Waals surface area contributed by atoms with E-state index < -0.39 is 59.3 Å². The van der Waals surface area contributed by atoms with Gasteiger partial charge in [0.2, 0.25) is 35.4 Å². The predicted octanol–water partition coefficient (Wildman–Crippen LogP) is 2.40. The molecule has 0 saturated carbocycles. The van der Waals surface area contributed by atoms with Crippen molar-refractivity contribution in [1.29, 1.82) is 0 Å². The summed E-state index contributed by atoms with van der Waals surface area (Å²) in [5.74, 6) is -5.53. The maximum Gasteiger partial charge on any atom is 0.264 e. The standard InChI is InChI=1S/C62H88N6O23/c69-51(63-47-11-7-9-45-55(47)61(77)67(59(45)75)49-15-17-53(71)65-57(49)73)13-3-1-5-19-79-21-23-81-25-27-83-29-31-85-33-35-87-37-39-89-41-43-91-44-42-90-40-38-88-36-34-86-32-30-84-28-26-82-24-22-80-20-6-2-4-14-52(70)64-48-12-8-10-46-56(48)62(78)68(60(46)76)50-16-18-54(72)66-58(50)74/h7-12,49-50H,1-6,13-44H2,(H,63,69)(H,64,70)(H,65,71,73)(H,66,72,74). The van der Waals surface area contributed by atoms with E-state index in [1.807, 2.05) is 0 Å². The van der Waals surface area contributed by atoms with Crippen LogP contribution in [0.25, 0.3) is 0 Å². The molecule has 0 aromatic heterocycles. The molecule has 6 rings (SSSR count). The average Bonchev–Trinajstić information content (AvgIpc) is 1.63. The lowest BCUT2D eigenvalue weighted by Crippen LogP contribution is -2.54. The summed E-state index contributed by atoms with van der Waals surface area (Å²) in [5.41, 5.74) is 0.703. The Morgan fingerprint density at radius 3 is 0.879 bits per heavy atom. The van der Waals surface area contributed by atoms with Crippen molar-refractivity contribution in [2.24, 2.45) is 0 Å². The van der Waals surface area contributed by atoms with Gasteiger partial charge in [0.25, 0.3) is 23.6 Å². The lowest BCUT2D eigenvalue weighted by atomic mass is 10.0. The number of carbonyl (C=O) groups is 10. The highest BCUT2D eigenvalue weighted by atomic mass is 16.6. The van der Waals surface area contributed by atoms with E-state index in [2.05, 4.69) is 21.3 Å². The Kier molecular flexibility index (Phi) is 34.9. The van der Waals surface area contributed by atoms with Crippen molar-refractivity contribution in [3.63, 3.8) is 0 Å². The first kappa shape index (κ1) is 73.5. The van der Waals surface area contributed by atoms with Crippen LogP contribution in [0.2, 0.25) is 0 Å². The minimum atomic E-state index is -1.09.